The minimum Gasteiger partial charge on any atom is -0.450 e. The summed E-state index contributed by atoms with van der Waals surface area (Å²) in [7, 11) is 0. The fraction of sp³-hybridized carbons (Fsp3) is 0.278. The van der Waals surface area contributed by atoms with Crippen molar-refractivity contribution in [2.45, 2.75) is 25.3 Å². The maximum Gasteiger partial charge on any atom is 0.411 e. The molecular formula is C18H20FN3O2. The van der Waals surface area contributed by atoms with Crippen molar-refractivity contribution < 1.29 is 13.9 Å². The molecule has 1 saturated carbocycles. The van der Waals surface area contributed by atoms with E-state index in [1.807, 2.05) is 6.07 Å². The molecule has 1 aliphatic rings. The second-order valence-corrected chi connectivity index (χ2v) is 5.86. The largest absolute Gasteiger partial charge is 0.450 e. The fourth-order valence-electron chi connectivity index (χ4n) is 2.69. The first-order valence-corrected chi connectivity index (χ1v) is 7.90. The molecule has 0 saturated heterocycles. The molecule has 2 aromatic rings. The fourth-order valence-corrected chi connectivity index (χ4v) is 2.69. The van der Waals surface area contributed by atoms with E-state index >= 15 is 0 Å². The summed E-state index contributed by atoms with van der Waals surface area (Å²) in [5.74, 6) is -0.242. The summed E-state index contributed by atoms with van der Waals surface area (Å²) in [4.78, 5) is 11.5. The van der Waals surface area contributed by atoms with Crippen molar-refractivity contribution in [1.29, 1.82) is 0 Å². The molecular weight excluding hydrogens is 309 g/mol. The highest BCUT2D eigenvalue weighted by Crippen LogP contribution is 2.48. The molecule has 4 N–H and O–H groups in total. The number of nitrogens with two attached hydrogens (primary N) is 1. The van der Waals surface area contributed by atoms with Crippen molar-refractivity contribution in [2.75, 3.05) is 23.0 Å². The van der Waals surface area contributed by atoms with Crippen LogP contribution in [0.5, 0.6) is 0 Å². The standard InChI is InChI=1S/C18H20FN3O2/c1-2-24-17(23)21-16-8-7-14(11-15(16)20)22-18(9-10-18)12-3-5-13(19)6-4-12/h3-8,11,22H,2,9-10,20H2,1H3,(H,21,23). The minimum absolute atomic E-state index is 0.170. The molecule has 0 spiro atoms. The zero-order valence-corrected chi connectivity index (χ0v) is 13.4. The predicted molar refractivity (Wildman–Crippen MR) is 92.4 cm³/mol. The molecule has 3 rings (SSSR count). The molecule has 0 aromatic heterocycles. The molecule has 126 valence electrons. The first-order chi connectivity index (χ1) is 11.5. The van der Waals surface area contributed by atoms with Gasteiger partial charge in [0.15, 0.2) is 0 Å². The van der Waals surface area contributed by atoms with Crippen LogP contribution in [0, 0.1) is 5.82 Å². The summed E-state index contributed by atoms with van der Waals surface area (Å²) in [5, 5.41) is 6.06. The third-order valence-electron chi connectivity index (χ3n) is 4.09. The Morgan fingerprint density at radius 1 is 1.25 bits per heavy atom. The van der Waals surface area contributed by atoms with Crippen LogP contribution in [0.2, 0.25) is 0 Å². The van der Waals surface area contributed by atoms with E-state index in [1.165, 1.54) is 12.1 Å². The van der Waals surface area contributed by atoms with Gasteiger partial charge >= 0.3 is 6.09 Å². The van der Waals surface area contributed by atoms with Gasteiger partial charge in [-0.3, -0.25) is 5.32 Å². The highest BCUT2D eigenvalue weighted by atomic mass is 19.1. The van der Waals surface area contributed by atoms with Gasteiger partial charge in [0, 0.05) is 5.69 Å². The van der Waals surface area contributed by atoms with Crippen LogP contribution in [0.3, 0.4) is 0 Å². The Hall–Kier alpha value is -2.76. The summed E-state index contributed by atoms with van der Waals surface area (Å²) < 4.78 is 17.9. The number of hydrogen-bond donors (Lipinski definition) is 3. The van der Waals surface area contributed by atoms with E-state index in [9.17, 15) is 9.18 Å². The van der Waals surface area contributed by atoms with E-state index in [0.717, 1.165) is 24.1 Å². The van der Waals surface area contributed by atoms with Crippen molar-refractivity contribution in [3.8, 4) is 0 Å². The Bertz CT molecular complexity index is 742. The van der Waals surface area contributed by atoms with Gasteiger partial charge in [-0.25, -0.2) is 9.18 Å². The first-order valence-electron chi connectivity index (χ1n) is 7.90. The van der Waals surface area contributed by atoms with E-state index in [1.54, 1.807) is 31.2 Å². The van der Waals surface area contributed by atoms with E-state index in [0.29, 0.717) is 18.0 Å². The third kappa shape index (κ3) is 3.42. The molecule has 0 radical (unpaired) electrons. The maximum absolute atomic E-state index is 13.1. The Morgan fingerprint density at radius 2 is 1.96 bits per heavy atom. The monoisotopic (exact) mass is 329 g/mol. The zero-order chi connectivity index (χ0) is 17.2. The second-order valence-electron chi connectivity index (χ2n) is 5.86. The quantitative estimate of drug-likeness (QED) is 0.723. The Labute approximate surface area is 140 Å². The highest BCUT2D eigenvalue weighted by Gasteiger charge is 2.44. The summed E-state index contributed by atoms with van der Waals surface area (Å²) in [6.07, 6.45) is 1.41. The van der Waals surface area contributed by atoms with Crippen LogP contribution in [0.1, 0.15) is 25.3 Å². The molecule has 0 heterocycles. The molecule has 5 nitrogen and oxygen atoms in total. The van der Waals surface area contributed by atoms with Gasteiger partial charge in [-0.2, -0.15) is 0 Å². The Morgan fingerprint density at radius 3 is 2.54 bits per heavy atom. The second kappa shape index (κ2) is 6.39. The van der Waals surface area contributed by atoms with Gasteiger partial charge < -0.3 is 15.8 Å². The summed E-state index contributed by atoms with van der Waals surface area (Å²) in [6, 6.07) is 11.9. The topological polar surface area (TPSA) is 76.4 Å². The van der Waals surface area contributed by atoms with Crippen LogP contribution < -0.4 is 16.4 Å². The first kappa shape index (κ1) is 16.1. The van der Waals surface area contributed by atoms with Crippen molar-refractivity contribution >= 4 is 23.2 Å². The number of nitrogen functional groups attached to an aromatic ring is 1. The molecule has 0 aliphatic heterocycles. The number of halogens is 1. The lowest BCUT2D eigenvalue weighted by Crippen LogP contribution is -2.19. The molecule has 1 amide bonds. The third-order valence-corrected chi connectivity index (χ3v) is 4.09. The number of benzene rings is 2. The summed E-state index contributed by atoms with van der Waals surface area (Å²) in [6.45, 7) is 2.03. The van der Waals surface area contributed by atoms with Crippen LogP contribution >= 0.6 is 0 Å². The van der Waals surface area contributed by atoms with Crippen molar-refractivity contribution in [2.24, 2.45) is 0 Å². The Kier molecular flexibility index (Phi) is 4.29. The van der Waals surface area contributed by atoms with Gasteiger partial charge in [0.1, 0.15) is 5.82 Å². The number of amides is 1. The average Bonchev–Trinajstić information content (AvgIpc) is 3.32. The molecule has 0 unspecified atom stereocenters. The lowest BCUT2D eigenvalue weighted by molar-refractivity contribution is 0.168. The van der Waals surface area contributed by atoms with E-state index in [-0.39, 0.29) is 11.4 Å². The maximum atomic E-state index is 13.1. The molecule has 1 fully saturated rings. The van der Waals surface area contributed by atoms with E-state index in [4.69, 9.17) is 10.5 Å². The molecule has 0 bridgehead atoms. The van der Waals surface area contributed by atoms with Crippen molar-refractivity contribution in [3.05, 3.63) is 53.8 Å². The number of carbonyl (C=O) groups excluding carboxylic acids is 1. The summed E-state index contributed by atoms with van der Waals surface area (Å²) in [5.41, 5.74) is 8.69. The van der Waals surface area contributed by atoms with Gasteiger partial charge in [0.05, 0.1) is 23.5 Å². The van der Waals surface area contributed by atoms with Crippen LogP contribution in [0.25, 0.3) is 0 Å². The smallest absolute Gasteiger partial charge is 0.411 e. The van der Waals surface area contributed by atoms with Gasteiger partial charge in [-0.05, 0) is 55.7 Å². The number of carbonyl (C=O) groups is 1. The molecule has 6 heteroatoms. The van der Waals surface area contributed by atoms with Crippen molar-refractivity contribution in [3.63, 3.8) is 0 Å². The van der Waals surface area contributed by atoms with Crippen LogP contribution in [0.4, 0.5) is 26.2 Å². The Balaban J connectivity index is 1.73. The SMILES string of the molecule is CCOC(=O)Nc1ccc(NC2(c3ccc(F)cc3)CC2)cc1N. The molecule has 2 aromatic carbocycles. The zero-order valence-electron chi connectivity index (χ0n) is 13.4. The van der Waals surface area contributed by atoms with Gasteiger partial charge in [-0.1, -0.05) is 12.1 Å². The molecule has 24 heavy (non-hydrogen) atoms. The molecule has 1 aliphatic carbocycles. The highest BCUT2D eigenvalue weighted by molar-refractivity contribution is 5.89. The number of ether oxygens (including phenoxy) is 1. The van der Waals surface area contributed by atoms with Gasteiger partial charge in [-0.15, -0.1) is 0 Å². The number of anilines is 3. The van der Waals surface area contributed by atoms with Crippen LogP contribution in [0.15, 0.2) is 42.5 Å². The van der Waals surface area contributed by atoms with Crippen LogP contribution in [-0.4, -0.2) is 12.7 Å². The van der Waals surface area contributed by atoms with Crippen molar-refractivity contribution in [1.82, 2.24) is 0 Å². The number of rotatable bonds is 5. The predicted octanol–water partition coefficient (Wildman–Crippen LogP) is 4.08. The lowest BCUT2D eigenvalue weighted by atomic mass is 10.0. The minimum atomic E-state index is -0.533. The molecule has 0 atom stereocenters. The van der Waals surface area contributed by atoms with Gasteiger partial charge in [0.2, 0.25) is 0 Å². The van der Waals surface area contributed by atoms with E-state index in [2.05, 4.69) is 10.6 Å². The van der Waals surface area contributed by atoms with E-state index < -0.39 is 6.09 Å². The number of hydrogen-bond acceptors (Lipinski definition) is 4. The normalized spacial score (nSPS) is 14.8. The van der Waals surface area contributed by atoms with Crippen LogP contribution in [-0.2, 0) is 10.3 Å². The lowest BCUT2D eigenvalue weighted by Gasteiger charge is -2.20. The summed E-state index contributed by atoms with van der Waals surface area (Å²) >= 11 is 0. The van der Waals surface area contributed by atoms with Gasteiger partial charge in [0.25, 0.3) is 0 Å². The average molecular weight is 329 g/mol. The number of nitrogens with one attached hydrogen (secondary N) is 2.